The molecule has 1 saturated heterocycles. The van der Waals surface area contributed by atoms with Gasteiger partial charge in [-0.25, -0.2) is 0 Å². The van der Waals surface area contributed by atoms with Gasteiger partial charge < -0.3 is 15.3 Å². The van der Waals surface area contributed by atoms with Crippen LogP contribution in [0, 0.1) is 0 Å². The number of halogens is 1. The Hall–Kier alpha value is -0.910. The lowest BCUT2D eigenvalue weighted by molar-refractivity contribution is -0.132. The van der Waals surface area contributed by atoms with Crippen molar-refractivity contribution in [2.75, 3.05) is 13.6 Å². The van der Waals surface area contributed by atoms with Crippen LogP contribution in [-0.4, -0.2) is 41.7 Å². The molecule has 0 spiro atoms. The SMILES string of the molecule is CN(Cc1ccccc1Br)C(=O)[C@H]1C[C@@H](O)CN1. The second kappa shape index (κ2) is 5.82. The average molecular weight is 313 g/mol. The van der Waals surface area contributed by atoms with Gasteiger partial charge in [0.25, 0.3) is 0 Å². The number of likely N-dealkylation sites (N-methyl/N-ethyl adjacent to an activating group) is 1. The number of aliphatic hydroxyl groups excluding tert-OH is 1. The maximum absolute atomic E-state index is 12.1. The smallest absolute Gasteiger partial charge is 0.239 e. The molecule has 1 fully saturated rings. The largest absolute Gasteiger partial charge is 0.392 e. The van der Waals surface area contributed by atoms with Crippen LogP contribution in [0.1, 0.15) is 12.0 Å². The number of amides is 1. The molecule has 1 aromatic carbocycles. The maximum atomic E-state index is 12.1. The molecule has 2 atom stereocenters. The lowest BCUT2D eigenvalue weighted by Crippen LogP contribution is -2.41. The number of hydrogen-bond acceptors (Lipinski definition) is 3. The van der Waals surface area contributed by atoms with Crippen LogP contribution in [0.3, 0.4) is 0 Å². The van der Waals surface area contributed by atoms with Crippen molar-refractivity contribution in [3.8, 4) is 0 Å². The minimum atomic E-state index is -0.407. The van der Waals surface area contributed by atoms with Gasteiger partial charge in [-0.1, -0.05) is 34.1 Å². The zero-order chi connectivity index (χ0) is 13.1. The molecular formula is C13H17BrN2O2. The van der Waals surface area contributed by atoms with Crippen molar-refractivity contribution in [2.45, 2.75) is 25.1 Å². The van der Waals surface area contributed by atoms with E-state index >= 15 is 0 Å². The molecule has 0 saturated carbocycles. The Morgan fingerprint density at radius 1 is 1.56 bits per heavy atom. The van der Waals surface area contributed by atoms with E-state index in [0.29, 0.717) is 19.5 Å². The van der Waals surface area contributed by atoms with Gasteiger partial charge in [-0.05, 0) is 18.1 Å². The first-order valence-electron chi connectivity index (χ1n) is 5.97. The van der Waals surface area contributed by atoms with Gasteiger partial charge in [-0.15, -0.1) is 0 Å². The first kappa shape index (κ1) is 13.5. The topological polar surface area (TPSA) is 52.6 Å². The normalized spacial score (nSPS) is 23.1. The van der Waals surface area contributed by atoms with Crippen molar-refractivity contribution in [1.82, 2.24) is 10.2 Å². The van der Waals surface area contributed by atoms with Crippen LogP contribution in [0.4, 0.5) is 0 Å². The van der Waals surface area contributed by atoms with Crippen LogP contribution in [-0.2, 0) is 11.3 Å². The summed E-state index contributed by atoms with van der Waals surface area (Å²) in [6.45, 7) is 1.06. The number of nitrogens with zero attached hydrogens (tertiary/aromatic N) is 1. The van der Waals surface area contributed by atoms with Crippen molar-refractivity contribution in [1.29, 1.82) is 0 Å². The predicted molar refractivity (Wildman–Crippen MR) is 73.0 cm³/mol. The van der Waals surface area contributed by atoms with E-state index in [9.17, 15) is 9.90 Å². The fourth-order valence-electron chi connectivity index (χ4n) is 2.13. The first-order valence-corrected chi connectivity index (χ1v) is 6.77. The number of benzene rings is 1. The molecule has 18 heavy (non-hydrogen) atoms. The number of aliphatic hydroxyl groups is 1. The van der Waals surface area contributed by atoms with Gasteiger partial charge in [-0.3, -0.25) is 4.79 Å². The highest BCUT2D eigenvalue weighted by atomic mass is 79.9. The van der Waals surface area contributed by atoms with Gasteiger partial charge >= 0.3 is 0 Å². The molecule has 0 aliphatic carbocycles. The summed E-state index contributed by atoms with van der Waals surface area (Å²) in [5, 5.41) is 12.5. The van der Waals surface area contributed by atoms with Crippen LogP contribution >= 0.6 is 15.9 Å². The van der Waals surface area contributed by atoms with Crippen LogP contribution in [0.15, 0.2) is 28.7 Å². The molecule has 1 aliphatic rings. The van der Waals surface area contributed by atoms with Gasteiger partial charge in [0, 0.05) is 24.6 Å². The van der Waals surface area contributed by atoms with Crippen molar-refractivity contribution in [3.63, 3.8) is 0 Å². The van der Waals surface area contributed by atoms with Crippen molar-refractivity contribution in [3.05, 3.63) is 34.3 Å². The molecule has 1 aromatic rings. The van der Waals surface area contributed by atoms with Gasteiger partial charge in [0.1, 0.15) is 0 Å². The Balaban J connectivity index is 1.98. The second-order valence-corrected chi connectivity index (χ2v) is 5.49. The van der Waals surface area contributed by atoms with Gasteiger partial charge in [0.05, 0.1) is 12.1 Å². The Kier molecular flexibility index (Phi) is 4.37. The van der Waals surface area contributed by atoms with E-state index in [1.807, 2.05) is 24.3 Å². The standard InChI is InChI=1S/C13H17BrN2O2/c1-16(8-9-4-2-3-5-11(9)14)13(18)12-6-10(17)7-15-12/h2-5,10,12,15,17H,6-8H2,1H3/t10-,12-/m1/s1. The van der Waals surface area contributed by atoms with Crippen molar-refractivity contribution >= 4 is 21.8 Å². The van der Waals surface area contributed by atoms with E-state index in [1.54, 1.807) is 11.9 Å². The maximum Gasteiger partial charge on any atom is 0.239 e. The minimum Gasteiger partial charge on any atom is -0.392 e. The summed E-state index contributed by atoms with van der Waals surface area (Å²) in [7, 11) is 1.79. The summed E-state index contributed by atoms with van der Waals surface area (Å²) in [4.78, 5) is 13.8. The average Bonchev–Trinajstić information content (AvgIpc) is 2.78. The van der Waals surface area contributed by atoms with Crippen molar-refractivity contribution < 1.29 is 9.90 Å². The Labute approximate surface area is 115 Å². The number of carbonyl (C=O) groups excluding carboxylic acids is 1. The molecule has 4 nitrogen and oxygen atoms in total. The quantitative estimate of drug-likeness (QED) is 0.880. The van der Waals surface area contributed by atoms with E-state index in [-0.39, 0.29) is 11.9 Å². The fraction of sp³-hybridized carbons (Fsp3) is 0.462. The molecule has 2 N–H and O–H groups in total. The Morgan fingerprint density at radius 3 is 2.89 bits per heavy atom. The molecule has 5 heteroatoms. The Morgan fingerprint density at radius 2 is 2.28 bits per heavy atom. The van der Waals surface area contributed by atoms with Crippen LogP contribution in [0.2, 0.25) is 0 Å². The van der Waals surface area contributed by atoms with Gasteiger partial charge in [0.15, 0.2) is 0 Å². The molecule has 2 rings (SSSR count). The van der Waals surface area contributed by atoms with Crippen LogP contribution in [0.5, 0.6) is 0 Å². The highest BCUT2D eigenvalue weighted by Gasteiger charge is 2.30. The van der Waals surface area contributed by atoms with E-state index in [0.717, 1.165) is 10.0 Å². The molecule has 1 heterocycles. The monoisotopic (exact) mass is 312 g/mol. The lowest BCUT2D eigenvalue weighted by Gasteiger charge is -2.21. The van der Waals surface area contributed by atoms with Gasteiger partial charge in [-0.2, -0.15) is 0 Å². The molecular weight excluding hydrogens is 296 g/mol. The van der Waals surface area contributed by atoms with E-state index in [2.05, 4.69) is 21.2 Å². The highest BCUT2D eigenvalue weighted by Crippen LogP contribution is 2.18. The second-order valence-electron chi connectivity index (χ2n) is 4.64. The molecule has 0 radical (unpaired) electrons. The molecule has 0 unspecified atom stereocenters. The minimum absolute atomic E-state index is 0.0299. The third-order valence-corrected chi connectivity index (χ3v) is 3.92. The summed E-state index contributed by atoms with van der Waals surface area (Å²) >= 11 is 3.47. The van der Waals surface area contributed by atoms with E-state index in [1.165, 1.54) is 0 Å². The third-order valence-electron chi connectivity index (χ3n) is 3.15. The Bertz CT molecular complexity index is 439. The molecule has 0 bridgehead atoms. The molecule has 1 amide bonds. The summed E-state index contributed by atoms with van der Waals surface area (Å²) in [6, 6.07) is 7.60. The number of β-amino-alcohol motifs (C(OH)–C–C–N with tert-alkyl or cyclic N) is 1. The number of hydrogen-bond donors (Lipinski definition) is 2. The number of rotatable bonds is 3. The summed E-state index contributed by atoms with van der Waals surface area (Å²) < 4.78 is 1.00. The van der Waals surface area contributed by atoms with Crippen LogP contribution in [0.25, 0.3) is 0 Å². The summed E-state index contributed by atoms with van der Waals surface area (Å²) in [6.07, 6.45) is 0.0925. The van der Waals surface area contributed by atoms with Crippen molar-refractivity contribution in [2.24, 2.45) is 0 Å². The van der Waals surface area contributed by atoms with Crippen LogP contribution < -0.4 is 5.32 Å². The summed E-state index contributed by atoms with van der Waals surface area (Å²) in [5.74, 6) is 0.0299. The number of carbonyl (C=O) groups is 1. The van der Waals surface area contributed by atoms with E-state index in [4.69, 9.17) is 0 Å². The fourth-order valence-corrected chi connectivity index (χ4v) is 2.54. The lowest BCUT2D eigenvalue weighted by atomic mass is 10.1. The highest BCUT2D eigenvalue weighted by molar-refractivity contribution is 9.10. The molecule has 1 aliphatic heterocycles. The number of nitrogens with one attached hydrogen (secondary N) is 1. The summed E-state index contributed by atoms with van der Waals surface area (Å²) in [5.41, 5.74) is 1.08. The zero-order valence-corrected chi connectivity index (χ0v) is 11.9. The molecule has 0 aromatic heterocycles. The van der Waals surface area contributed by atoms with Gasteiger partial charge in [0.2, 0.25) is 5.91 Å². The molecule has 98 valence electrons. The zero-order valence-electron chi connectivity index (χ0n) is 10.3. The first-order chi connectivity index (χ1) is 8.58. The third kappa shape index (κ3) is 3.10. The predicted octanol–water partition coefficient (Wildman–Crippen LogP) is 1.13. The van der Waals surface area contributed by atoms with E-state index < -0.39 is 6.10 Å².